The monoisotopic (exact) mass is 217 g/mol. The van der Waals surface area contributed by atoms with Crippen molar-refractivity contribution < 1.29 is 0 Å². The Balaban J connectivity index is 2.18. The summed E-state index contributed by atoms with van der Waals surface area (Å²) in [7, 11) is 3.72. The molecule has 0 spiro atoms. The maximum Gasteiger partial charge on any atom is 0.191 e. The smallest absolute Gasteiger partial charge is 0.191 e. The summed E-state index contributed by atoms with van der Waals surface area (Å²) >= 11 is 0. The molecule has 0 radical (unpaired) electrons. The van der Waals surface area contributed by atoms with E-state index in [9.17, 15) is 0 Å². The average Bonchev–Trinajstić information content (AvgIpc) is 2.72. The maximum absolute atomic E-state index is 5.70. The van der Waals surface area contributed by atoms with Gasteiger partial charge in [0.2, 0.25) is 0 Å². The normalized spacial score (nSPS) is 12.0. The molecule has 3 N–H and O–H groups in total. The van der Waals surface area contributed by atoms with Crippen LogP contribution in [-0.2, 0) is 6.54 Å². The molecule has 5 nitrogen and oxygen atoms in total. The van der Waals surface area contributed by atoms with Crippen LogP contribution < -0.4 is 5.73 Å². The van der Waals surface area contributed by atoms with Gasteiger partial charge in [0, 0.05) is 25.7 Å². The number of H-pyrrole nitrogens is 1. The first-order valence-electron chi connectivity index (χ1n) is 5.07. The molecule has 0 fully saturated rings. The molecule has 0 saturated heterocycles. The van der Waals surface area contributed by atoms with Crippen molar-refractivity contribution in [2.75, 3.05) is 14.1 Å². The van der Waals surface area contributed by atoms with Crippen LogP contribution in [0.25, 0.3) is 11.0 Å². The SMILES string of the molecule is CN(C)C(N)=NCc1ccc2cc[nH]c2n1. The Morgan fingerprint density at radius 2 is 2.25 bits per heavy atom. The molecule has 0 amide bonds. The van der Waals surface area contributed by atoms with Crippen molar-refractivity contribution >= 4 is 17.0 Å². The van der Waals surface area contributed by atoms with E-state index in [1.54, 1.807) is 4.90 Å². The minimum atomic E-state index is 0.499. The number of nitrogens with two attached hydrogens (primary N) is 1. The largest absolute Gasteiger partial charge is 0.370 e. The second kappa shape index (κ2) is 4.22. The molecule has 0 saturated carbocycles. The Kier molecular flexibility index (Phi) is 2.76. The van der Waals surface area contributed by atoms with Gasteiger partial charge in [0.15, 0.2) is 5.96 Å². The fraction of sp³-hybridized carbons (Fsp3) is 0.273. The number of aliphatic imine (C=N–C) groups is 1. The first-order valence-corrected chi connectivity index (χ1v) is 5.07. The maximum atomic E-state index is 5.70. The molecule has 0 aliphatic carbocycles. The molecule has 16 heavy (non-hydrogen) atoms. The second-order valence-corrected chi connectivity index (χ2v) is 3.79. The molecular weight excluding hydrogens is 202 g/mol. The van der Waals surface area contributed by atoms with Crippen molar-refractivity contribution in [3.05, 3.63) is 30.1 Å². The molecule has 2 aromatic heterocycles. The third kappa shape index (κ3) is 2.13. The number of aromatic amines is 1. The van der Waals surface area contributed by atoms with Crippen molar-refractivity contribution in [1.29, 1.82) is 0 Å². The molecule has 84 valence electrons. The summed E-state index contributed by atoms with van der Waals surface area (Å²) in [6.45, 7) is 0.499. The number of guanidine groups is 1. The molecule has 5 heteroatoms. The van der Waals surface area contributed by atoms with Crippen molar-refractivity contribution in [2.24, 2.45) is 10.7 Å². The number of pyridine rings is 1. The van der Waals surface area contributed by atoms with Crippen LogP contribution in [0.15, 0.2) is 29.4 Å². The highest BCUT2D eigenvalue weighted by Crippen LogP contribution is 2.10. The summed E-state index contributed by atoms with van der Waals surface area (Å²) in [5.74, 6) is 0.508. The lowest BCUT2D eigenvalue weighted by atomic mass is 10.3. The van der Waals surface area contributed by atoms with E-state index in [-0.39, 0.29) is 0 Å². The lowest BCUT2D eigenvalue weighted by molar-refractivity contribution is 0.608. The molecule has 0 bridgehead atoms. The molecule has 0 atom stereocenters. The second-order valence-electron chi connectivity index (χ2n) is 3.79. The van der Waals surface area contributed by atoms with Crippen LogP contribution in [0, 0.1) is 0 Å². The number of hydrogen-bond acceptors (Lipinski definition) is 2. The first-order chi connectivity index (χ1) is 7.66. The fourth-order valence-corrected chi connectivity index (χ4v) is 1.36. The Bertz CT molecular complexity index is 512. The highest BCUT2D eigenvalue weighted by atomic mass is 15.2. The minimum absolute atomic E-state index is 0.499. The molecule has 0 unspecified atom stereocenters. The van der Waals surface area contributed by atoms with Crippen LogP contribution in [0.1, 0.15) is 5.69 Å². The average molecular weight is 217 g/mol. The Morgan fingerprint density at radius 3 is 3.00 bits per heavy atom. The number of hydrogen-bond donors (Lipinski definition) is 2. The predicted molar refractivity (Wildman–Crippen MR) is 65.1 cm³/mol. The highest BCUT2D eigenvalue weighted by molar-refractivity contribution is 5.77. The van der Waals surface area contributed by atoms with Gasteiger partial charge in [-0.15, -0.1) is 0 Å². The molecule has 0 aliphatic heterocycles. The van der Waals surface area contributed by atoms with Gasteiger partial charge in [-0.05, 0) is 18.2 Å². The van der Waals surface area contributed by atoms with Gasteiger partial charge < -0.3 is 15.6 Å². The van der Waals surface area contributed by atoms with Gasteiger partial charge in [-0.1, -0.05) is 0 Å². The summed E-state index contributed by atoms with van der Waals surface area (Å²) in [5.41, 5.74) is 7.49. The fourth-order valence-electron chi connectivity index (χ4n) is 1.36. The topological polar surface area (TPSA) is 70.3 Å². The summed E-state index contributed by atoms with van der Waals surface area (Å²) in [5, 5.41) is 1.10. The van der Waals surface area contributed by atoms with Crippen molar-refractivity contribution in [3.63, 3.8) is 0 Å². The van der Waals surface area contributed by atoms with Gasteiger partial charge in [0.05, 0.1) is 12.2 Å². The third-order valence-electron chi connectivity index (χ3n) is 2.33. The van der Waals surface area contributed by atoms with E-state index in [4.69, 9.17) is 5.73 Å². The Hall–Kier alpha value is -2.04. The van der Waals surface area contributed by atoms with Gasteiger partial charge in [0.1, 0.15) is 5.65 Å². The summed E-state index contributed by atoms with van der Waals surface area (Å²) < 4.78 is 0. The van der Waals surface area contributed by atoms with Crippen LogP contribution in [0.4, 0.5) is 0 Å². The van der Waals surface area contributed by atoms with E-state index in [1.807, 2.05) is 38.5 Å². The van der Waals surface area contributed by atoms with E-state index < -0.39 is 0 Å². The quantitative estimate of drug-likeness (QED) is 0.581. The molecule has 2 aromatic rings. The van der Waals surface area contributed by atoms with E-state index >= 15 is 0 Å². The van der Waals surface area contributed by atoms with E-state index in [0.29, 0.717) is 12.5 Å². The molecule has 2 rings (SSSR count). The summed E-state index contributed by atoms with van der Waals surface area (Å²) in [4.78, 5) is 13.5. The number of aromatic nitrogens is 2. The van der Waals surface area contributed by atoms with Gasteiger partial charge in [0.25, 0.3) is 0 Å². The zero-order valence-electron chi connectivity index (χ0n) is 9.44. The highest BCUT2D eigenvalue weighted by Gasteiger charge is 1.99. The number of nitrogens with zero attached hydrogens (tertiary/aromatic N) is 3. The van der Waals surface area contributed by atoms with Gasteiger partial charge in [-0.2, -0.15) is 0 Å². The lowest BCUT2D eigenvalue weighted by Gasteiger charge is -2.09. The van der Waals surface area contributed by atoms with E-state index in [2.05, 4.69) is 15.0 Å². The third-order valence-corrected chi connectivity index (χ3v) is 2.33. The Morgan fingerprint density at radius 1 is 1.44 bits per heavy atom. The number of fused-ring (bicyclic) bond motifs is 1. The van der Waals surface area contributed by atoms with Gasteiger partial charge >= 0.3 is 0 Å². The summed E-state index contributed by atoms with van der Waals surface area (Å²) in [6, 6.07) is 5.97. The van der Waals surface area contributed by atoms with E-state index in [1.165, 1.54) is 0 Å². The minimum Gasteiger partial charge on any atom is -0.370 e. The van der Waals surface area contributed by atoms with Crippen molar-refractivity contribution in [3.8, 4) is 0 Å². The van der Waals surface area contributed by atoms with Crippen LogP contribution >= 0.6 is 0 Å². The van der Waals surface area contributed by atoms with Crippen LogP contribution in [-0.4, -0.2) is 34.9 Å². The standard InChI is InChI=1S/C11H15N5/c1-16(2)11(12)14-7-9-4-3-8-5-6-13-10(8)15-9/h3-6H,7H2,1-2H3,(H2,12,14)(H,13,15). The van der Waals surface area contributed by atoms with Crippen LogP contribution in [0.2, 0.25) is 0 Å². The zero-order chi connectivity index (χ0) is 11.5. The molecular formula is C11H15N5. The predicted octanol–water partition coefficient (Wildman–Crippen LogP) is 0.939. The van der Waals surface area contributed by atoms with Crippen molar-refractivity contribution in [1.82, 2.24) is 14.9 Å². The Labute approximate surface area is 94.0 Å². The first kappa shape index (κ1) is 10.5. The molecule has 0 aromatic carbocycles. The van der Waals surface area contributed by atoms with Crippen LogP contribution in [0.3, 0.4) is 0 Å². The number of rotatable bonds is 2. The summed E-state index contributed by atoms with van der Waals surface area (Å²) in [6.07, 6.45) is 1.87. The molecule has 0 aliphatic rings. The van der Waals surface area contributed by atoms with Gasteiger partial charge in [-0.25, -0.2) is 9.98 Å². The van der Waals surface area contributed by atoms with Crippen LogP contribution in [0.5, 0.6) is 0 Å². The number of nitrogens with one attached hydrogen (secondary N) is 1. The molecule has 2 heterocycles. The zero-order valence-corrected chi connectivity index (χ0v) is 9.44. The lowest BCUT2D eigenvalue weighted by Crippen LogP contribution is -2.30. The van der Waals surface area contributed by atoms with Gasteiger partial charge in [-0.3, -0.25) is 0 Å². The van der Waals surface area contributed by atoms with Crippen molar-refractivity contribution in [2.45, 2.75) is 6.54 Å². The van der Waals surface area contributed by atoms with E-state index in [0.717, 1.165) is 16.7 Å².